The molecule has 0 saturated heterocycles. The van der Waals surface area contributed by atoms with Crippen molar-refractivity contribution in [1.29, 1.82) is 0 Å². The van der Waals surface area contributed by atoms with Gasteiger partial charge in [-0.1, -0.05) is 6.07 Å². The predicted octanol–water partition coefficient (Wildman–Crippen LogP) is 2.05. The van der Waals surface area contributed by atoms with Crippen molar-refractivity contribution in [3.8, 4) is 11.1 Å². The van der Waals surface area contributed by atoms with Crippen LogP contribution in [0.15, 0.2) is 36.8 Å². The zero-order valence-electron chi connectivity index (χ0n) is 10.1. The standard InChI is InChI=1S/C14H13N3O/c1-10(18)17-6-4-11-7-13(9-16-14(11)17)12-3-2-5-15-8-12/h2-3,5,7-9H,4,6H2,1H3. The molecule has 0 aliphatic carbocycles. The van der Waals surface area contributed by atoms with Crippen LogP contribution in [0.4, 0.5) is 5.82 Å². The summed E-state index contributed by atoms with van der Waals surface area (Å²) >= 11 is 0. The van der Waals surface area contributed by atoms with Crippen LogP contribution in [-0.4, -0.2) is 22.4 Å². The maximum absolute atomic E-state index is 11.4. The SMILES string of the molecule is CC(=O)N1CCc2cc(-c3cccnc3)cnc21. The molecule has 0 unspecified atom stereocenters. The minimum absolute atomic E-state index is 0.0513. The Morgan fingerprint density at radius 3 is 2.94 bits per heavy atom. The number of carbonyl (C=O) groups excluding carboxylic acids is 1. The first-order chi connectivity index (χ1) is 8.75. The summed E-state index contributed by atoms with van der Waals surface area (Å²) in [5, 5.41) is 0. The first-order valence-corrected chi connectivity index (χ1v) is 5.93. The first kappa shape index (κ1) is 10.9. The molecule has 0 spiro atoms. The van der Waals surface area contributed by atoms with E-state index < -0.39 is 0 Å². The van der Waals surface area contributed by atoms with Gasteiger partial charge in [0.15, 0.2) is 0 Å². The molecule has 0 N–H and O–H groups in total. The summed E-state index contributed by atoms with van der Waals surface area (Å²) in [7, 11) is 0. The molecule has 1 aliphatic rings. The summed E-state index contributed by atoms with van der Waals surface area (Å²) in [6, 6.07) is 6.01. The zero-order valence-corrected chi connectivity index (χ0v) is 10.1. The highest BCUT2D eigenvalue weighted by Crippen LogP contribution is 2.29. The van der Waals surface area contributed by atoms with Crippen LogP contribution < -0.4 is 4.90 Å². The summed E-state index contributed by atoms with van der Waals surface area (Å²) < 4.78 is 0. The normalized spacial score (nSPS) is 13.5. The fraction of sp³-hybridized carbons (Fsp3) is 0.214. The van der Waals surface area contributed by atoms with Crippen molar-refractivity contribution in [3.63, 3.8) is 0 Å². The summed E-state index contributed by atoms with van der Waals surface area (Å²) in [4.78, 5) is 21.7. The van der Waals surface area contributed by atoms with Gasteiger partial charge in [0.05, 0.1) is 0 Å². The molecule has 18 heavy (non-hydrogen) atoms. The number of anilines is 1. The van der Waals surface area contributed by atoms with Gasteiger partial charge in [-0.3, -0.25) is 14.7 Å². The molecule has 0 radical (unpaired) electrons. The monoisotopic (exact) mass is 239 g/mol. The van der Waals surface area contributed by atoms with E-state index in [1.165, 1.54) is 0 Å². The van der Waals surface area contributed by atoms with Crippen molar-refractivity contribution in [3.05, 3.63) is 42.4 Å². The third-order valence-corrected chi connectivity index (χ3v) is 3.18. The van der Waals surface area contributed by atoms with Crippen molar-refractivity contribution in [2.75, 3.05) is 11.4 Å². The van der Waals surface area contributed by atoms with Crippen molar-refractivity contribution in [2.45, 2.75) is 13.3 Å². The Morgan fingerprint density at radius 1 is 1.33 bits per heavy atom. The number of nitrogens with zero attached hydrogens (tertiary/aromatic N) is 3. The number of carbonyl (C=O) groups is 1. The minimum atomic E-state index is 0.0513. The van der Waals surface area contributed by atoms with Gasteiger partial charge in [-0.2, -0.15) is 0 Å². The highest BCUT2D eigenvalue weighted by atomic mass is 16.2. The molecule has 1 aliphatic heterocycles. The van der Waals surface area contributed by atoms with Gasteiger partial charge in [-0.25, -0.2) is 4.98 Å². The Morgan fingerprint density at radius 2 is 2.22 bits per heavy atom. The molecule has 90 valence electrons. The fourth-order valence-electron chi connectivity index (χ4n) is 2.27. The van der Waals surface area contributed by atoms with Crippen LogP contribution in [0.25, 0.3) is 11.1 Å². The lowest BCUT2D eigenvalue weighted by molar-refractivity contribution is -0.116. The van der Waals surface area contributed by atoms with Crippen molar-refractivity contribution in [1.82, 2.24) is 9.97 Å². The van der Waals surface area contributed by atoms with Gasteiger partial charge in [0.1, 0.15) is 5.82 Å². The van der Waals surface area contributed by atoms with E-state index in [0.29, 0.717) is 0 Å². The van der Waals surface area contributed by atoms with Crippen LogP contribution >= 0.6 is 0 Å². The zero-order chi connectivity index (χ0) is 12.5. The molecule has 2 aromatic rings. The van der Waals surface area contributed by atoms with E-state index in [-0.39, 0.29) is 5.91 Å². The molecule has 0 bridgehead atoms. The van der Waals surface area contributed by atoms with Gasteiger partial charge in [-0.05, 0) is 24.1 Å². The molecule has 1 amide bonds. The number of aromatic nitrogens is 2. The lowest BCUT2D eigenvalue weighted by Crippen LogP contribution is -2.26. The van der Waals surface area contributed by atoms with Gasteiger partial charge >= 0.3 is 0 Å². The third kappa shape index (κ3) is 1.76. The number of pyridine rings is 2. The molecule has 4 nitrogen and oxygen atoms in total. The second kappa shape index (κ2) is 4.22. The molecule has 0 fully saturated rings. The van der Waals surface area contributed by atoms with Gasteiger partial charge in [0, 0.05) is 43.2 Å². The maximum Gasteiger partial charge on any atom is 0.225 e. The molecule has 2 aromatic heterocycles. The molecule has 4 heteroatoms. The highest BCUT2D eigenvalue weighted by molar-refractivity contribution is 5.92. The number of amides is 1. The van der Waals surface area contributed by atoms with E-state index in [9.17, 15) is 4.79 Å². The second-order valence-electron chi connectivity index (χ2n) is 4.37. The van der Waals surface area contributed by atoms with Gasteiger partial charge < -0.3 is 0 Å². The average Bonchev–Trinajstić information content (AvgIpc) is 2.82. The Balaban J connectivity index is 2.01. The molecular weight excluding hydrogens is 226 g/mol. The summed E-state index contributed by atoms with van der Waals surface area (Å²) in [6.07, 6.45) is 6.25. The molecule has 3 heterocycles. The van der Waals surface area contributed by atoms with Crippen LogP contribution in [-0.2, 0) is 11.2 Å². The molecule has 0 atom stereocenters. The largest absolute Gasteiger partial charge is 0.297 e. The summed E-state index contributed by atoms with van der Waals surface area (Å²) in [5.41, 5.74) is 3.23. The minimum Gasteiger partial charge on any atom is -0.297 e. The smallest absolute Gasteiger partial charge is 0.225 e. The van der Waals surface area contributed by atoms with Crippen LogP contribution in [0.3, 0.4) is 0 Å². The number of hydrogen-bond acceptors (Lipinski definition) is 3. The maximum atomic E-state index is 11.4. The number of rotatable bonds is 1. The van der Waals surface area contributed by atoms with Crippen LogP contribution in [0.1, 0.15) is 12.5 Å². The summed E-state index contributed by atoms with van der Waals surface area (Å²) in [6.45, 7) is 2.31. The van der Waals surface area contributed by atoms with Gasteiger partial charge in [-0.15, -0.1) is 0 Å². The highest BCUT2D eigenvalue weighted by Gasteiger charge is 2.23. The second-order valence-corrected chi connectivity index (χ2v) is 4.37. The van der Waals surface area contributed by atoms with E-state index in [1.807, 2.05) is 18.3 Å². The van der Waals surface area contributed by atoms with Crippen LogP contribution in [0.2, 0.25) is 0 Å². The van der Waals surface area contributed by atoms with E-state index in [1.54, 1.807) is 24.2 Å². The Hall–Kier alpha value is -2.23. The molecule has 0 aromatic carbocycles. The summed E-state index contributed by atoms with van der Waals surface area (Å²) in [5.74, 6) is 0.852. The lowest BCUT2D eigenvalue weighted by Gasteiger charge is -2.13. The quantitative estimate of drug-likeness (QED) is 0.765. The van der Waals surface area contributed by atoms with E-state index in [0.717, 1.165) is 35.5 Å². The Kier molecular flexibility index (Phi) is 2.55. The first-order valence-electron chi connectivity index (χ1n) is 5.93. The van der Waals surface area contributed by atoms with E-state index in [4.69, 9.17) is 0 Å². The van der Waals surface area contributed by atoms with E-state index >= 15 is 0 Å². The molecule has 3 rings (SSSR count). The molecule has 0 saturated carbocycles. The third-order valence-electron chi connectivity index (χ3n) is 3.18. The Bertz CT molecular complexity index is 595. The topological polar surface area (TPSA) is 46.1 Å². The average molecular weight is 239 g/mol. The van der Waals surface area contributed by atoms with E-state index in [2.05, 4.69) is 16.0 Å². The fourth-order valence-corrected chi connectivity index (χ4v) is 2.27. The van der Waals surface area contributed by atoms with Crippen molar-refractivity contribution < 1.29 is 4.79 Å². The number of fused-ring (bicyclic) bond motifs is 1. The molecular formula is C14H13N3O. The van der Waals surface area contributed by atoms with Gasteiger partial charge in [0.2, 0.25) is 5.91 Å². The number of hydrogen-bond donors (Lipinski definition) is 0. The predicted molar refractivity (Wildman–Crippen MR) is 69.2 cm³/mol. The van der Waals surface area contributed by atoms with Crippen molar-refractivity contribution >= 4 is 11.7 Å². The lowest BCUT2D eigenvalue weighted by atomic mass is 10.1. The van der Waals surface area contributed by atoms with Crippen molar-refractivity contribution in [2.24, 2.45) is 0 Å². The van der Waals surface area contributed by atoms with Crippen LogP contribution in [0.5, 0.6) is 0 Å². The van der Waals surface area contributed by atoms with Crippen LogP contribution in [0, 0.1) is 0 Å². The van der Waals surface area contributed by atoms with Gasteiger partial charge in [0.25, 0.3) is 0 Å². The Labute approximate surface area is 105 Å².